The molecule has 0 aliphatic carbocycles. The quantitative estimate of drug-likeness (QED) is 0.536. The summed E-state index contributed by atoms with van der Waals surface area (Å²) in [5.74, 6) is 1.01. The number of rotatable bonds is 12. The molecule has 0 radical (unpaired) electrons. The fraction of sp³-hybridized carbons (Fsp3) is 0.929. The zero-order chi connectivity index (χ0) is 12.9. The summed E-state index contributed by atoms with van der Waals surface area (Å²) < 4.78 is 5.55. The third-order valence-corrected chi connectivity index (χ3v) is 2.59. The van der Waals surface area contributed by atoms with Gasteiger partial charge in [-0.3, -0.25) is 4.79 Å². The second kappa shape index (κ2) is 12.1. The van der Waals surface area contributed by atoms with Crippen molar-refractivity contribution >= 4 is 5.78 Å². The van der Waals surface area contributed by atoms with Gasteiger partial charge in [0, 0.05) is 13.2 Å². The summed E-state index contributed by atoms with van der Waals surface area (Å²) in [6, 6.07) is 0. The maximum Gasteiger partial charge on any atom is 0.143 e. The summed E-state index contributed by atoms with van der Waals surface area (Å²) in [4.78, 5) is 10.6. The Balaban J connectivity index is 2.96. The van der Waals surface area contributed by atoms with Gasteiger partial charge < -0.3 is 10.1 Å². The first-order valence-electron chi connectivity index (χ1n) is 6.91. The van der Waals surface area contributed by atoms with Gasteiger partial charge in [0.05, 0.1) is 6.54 Å². The highest BCUT2D eigenvalue weighted by Crippen LogP contribution is 2.06. The summed E-state index contributed by atoms with van der Waals surface area (Å²) in [5.41, 5.74) is 0. The van der Waals surface area contributed by atoms with Gasteiger partial charge >= 0.3 is 0 Å². The maximum atomic E-state index is 10.6. The van der Waals surface area contributed by atoms with Crippen LogP contribution >= 0.6 is 0 Å². The maximum absolute atomic E-state index is 10.6. The standard InChI is InChI=1S/C14H29NO2/c1-13(2)8-4-6-10-17-11-7-5-9-15-12-14(3)16/h13,15H,4-12H2,1-3H3. The summed E-state index contributed by atoms with van der Waals surface area (Å²) in [6.07, 6.45) is 5.92. The number of carbonyl (C=O) groups is 1. The van der Waals surface area contributed by atoms with Crippen molar-refractivity contribution in [1.82, 2.24) is 5.32 Å². The summed E-state index contributed by atoms with van der Waals surface area (Å²) in [5, 5.41) is 3.10. The molecule has 0 fully saturated rings. The van der Waals surface area contributed by atoms with Gasteiger partial charge in [-0.15, -0.1) is 0 Å². The van der Waals surface area contributed by atoms with Gasteiger partial charge in [0.2, 0.25) is 0 Å². The van der Waals surface area contributed by atoms with Gasteiger partial charge in [-0.1, -0.05) is 26.7 Å². The van der Waals surface area contributed by atoms with Gasteiger partial charge in [-0.05, 0) is 38.6 Å². The summed E-state index contributed by atoms with van der Waals surface area (Å²) in [6.45, 7) is 9.28. The van der Waals surface area contributed by atoms with E-state index in [1.54, 1.807) is 6.92 Å². The molecule has 0 aromatic heterocycles. The van der Waals surface area contributed by atoms with Crippen molar-refractivity contribution in [1.29, 1.82) is 0 Å². The number of nitrogens with one attached hydrogen (secondary N) is 1. The fourth-order valence-electron chi connectivity index (χ4n) is 1.58. The van der Waals surface area contributed by atoms with Crippen LogP contribution in [0.1, 0.15) is 52.9 Å². The fourth-order valence-corrected chi connectivity index (χ4v) is 1.58. The Labute approximate surface area is 106 Å². The number of hydrogen-bond acceptors (Lipinski definition) is 3. The van der Waals surface area contributed by atoms with Crippen LogP contribution in [0.5, 0.6) is 0 Å². The highest BCUT2D eigenvalue weighted by molar-refractivity contribution is 5.77. The molecule has 0 unspecified atom stereocenters. The number of hydrogen-bond donors (Lipinski definition) is 1. The van der Waals surface area contributed by atoms with Gasteiger partial charge in [0.1, 0.15) is 5.78 Å². The van der Waals surface area contributed by atoms with Crippen molar-refractivity contribution in [3.8, 4) is 0 Å². The van der Waals surface area contributed by atoms with E-state index in [4.69, 9.17) is 4.74 Å². The summed E-state index contributed by atoms with van der Waals surface area (Å²) in [7, 11) is 0. The Kier molecular flexibility index (Phi) is 11.8. The molecule has 3 nitrogen and oxygen atoms in total. The second-order valence-corrected chi connectivity index (χ2v) is 5.09. The minimum Gasteiger partial charge on any atom is -0.381 e. The van der Waals surface area contributed by atoms with Crippen LogP contribution in [0.2, 0.25) is 0 Å². The van der Waals surface area contributed by atoms with Crippen LogP contribution in [0, 0.1) is 5.92 Å². The molecule has 0 heterocycles. The molecule has 0 aromatic rings. The molecule has 0 saturated carbocycles. The molecule has 0 rings (SSSR count). The van der Waals surface area contributed by atoms with Crippen molar-refractivity contribution in [2.75, 3.05) is 26.3 Å². The van der Waals surface area contributed by atoms with E-state index in [1.807, 2.05) is 0 Å². The zero-order valence-electron chi connectivity index (χ0n) is 11.8. The lowest BCUT2D eigenvalue weighted by Gasteiger charge is -2.06. The second-order valence-electron chi connectivity index (χ2n) is 5.09. The molecule has 1 N–H and O–H groups in total. The number of ketones is 1. The molecule has 17 heavy (non-hydrogen) atoms. The van der Waals surface area contributed by atoms with E-state index in [1.165, 1.54) is 19.3 Å². The van der Waals surface area contributed by atoms with E-state index in [9.17, 15) is 4.79 Å². The SMILES string of the molecule is CC(=O)CNCCCCOCCCCC(C)C. The first-order chi connectivity index (χ1) is 8.13. The Morgan fingerprint density at radius 3 is 2.35 bits per heavy atom. The van der Waals surface area contributed by atoms with Gasteiger partial charge in [0.25, 0.3) is 0 Å². The zero-order valence-corrected chi connectivity index (χ0v) is 11.8. The van der Waals surface area contributed by atoms with Crippen LogP contribution in [-0.2, 0) is 9.53 Å². The lowest BCUT2D eigenvalue weighted by atomic mass is 10.1. The molecule has 0 aliphatic heterocycles. The van der Waals surface area contributed by atoms with Crippen LogP contribution in [0.15, 0.2) is 0 Å². The van der Waals surface area contributed by atoms with Crippen molar-refractivity contribution in [2.45, 2.75) is 52.9 Å². The third kappa shape index (κ3) is 15.6. The molecule has 0 bridgehead atoms. The van der Waals surface area contributed by atoms with Gasteiger partial charge in [-0.2, -0.15) is 0 Å². The number of ether oxygens (including phenoxy) is 1. The molecule has 0 amide bonds. The van der Waals surface area contributed by atoms with Crippen molar-refractivity contribution in [3.63, 3.8) is 0 Å². The van der Waals surface area contributed by atoms with Crippen LogP contribution in [0.25, 0.3) is 0 Å². The summed E-state index contributed by atoms with van der Waals surface area (Å²) >= 11 is 0. The lowest BCUT2D eigenvalue weighted by Crippen LogP contribution is -2.22. The first kappa shape index (κ1) is 16.6. The van der Waals surface area contributed by atoms with E-state index in [0.29, 0.717) is 6.54 Å². The Morgan fingerprint density at radius 2 is 1.76 bits per heavy atom. The molecule has 0 aliphatic rings. The molecular weight excluding hydrogens is 214 g/mol. The van der Waals surface area contributed by atoms with Crippen molar-refractivity contribution < 1.29 is 9.53 Å². The monoisotopic (exact) mass is 243 g/mol. The van der Waals surface area contributed by atoms with Crippen LogP contribution in [-0.4, -0.2) is 32.1 Å². The highest BCUT2D eigenvalue weighted by Gasteiger charge is 1.95. The largest absolute Gasteiger partial charge is 0.381 e. The lowest BCUT2D eigenvalue weighted by molar-refractivity contribution is -0.116. The third-order valence-electron chi connectivity index (χ3n) is 2.59. The highest BCUT2D eigenvalue weighted by atomic mass is 16.5. The van der Waals surface area contributed by atoms with Crippen molar-refractivity contribution in [2.24, 2.45) is 5.92 Å². The Hall–Kier alpha value is -0.410. The average molecular weight is 243 g/mol. The predicted molar refractivity (Wildman–Crippen MR) is 72.3 cm³/mol. The number of unbranched alkanes of at least 4 members (excludes halogenated alkanes) is 2. The predicted octanol–water partition coefficient (Wildman–Crippen LogP) is 2.79. The van der Waals surface area contributed by atoms with E-state index < -0.39 is 0 Å². The van der Waals surface area contributed by atoms with Crippen LogP contribution in [0.3, 0.4) is 0 Å². The molecule has 0 spiro atoms. The topological polar surface area (TPSA) is 38.3 Å². The number of carbonyl (C=O) groups excluding carboxylic acids is 1. The molecular formula is C14H29NO2. The van der Waals surface area contributed by atoms with Gasteiger partial charge in [0.15, 0.2) is 0 Å². The Morgan fingerprint density at radius 1 is 1.12 bits per heavy atom. The van der Waals surface area contributed by atoms with Gasteiger partial charge in [-0.25, -0.2) is 0 Å². The van der Waals surface area contributed by atoms with E-state index >= 15 is 0 Å². The minimum atomic E-state index is 0.200. The van der Waals surface area contributed by atoms with E-state index in [-0.39, 0.29) is 5.78 Å². The van der Waals surface area contributed by atoms with Crippen molar-refractivity contribution in [3.05, 3.63) is 0 Å². The molecule has 0 saturated heterocycles. The first-order valence-corrected chi connectivity index (χ1v) is 6.91. The van der Waals surface area contributed by atoms with E-state index in [0.717, 1.165) is 38.5 Å². The van der Waals surface area contributed by atoms with E-state index in [2.05, 4.69) is 19.2 Å². The van der Waals surface area contributed by atoms with Crippen LogP contribution in [0.4, 0.5) is 0 Å². The molecule has 0 atom stereocenters. The molecule has 0 aromatic carbocycles. The normalized spacial score (nSPS) is 11.1. The smallest absolute Gasteiger partial charge is 0.143 e. The molecule has 3 heteroatoms. The minimum absolute atomic E-state index is 0.200. The van der Waals surface area contributed by atoms with Crippen LogP contribution < -0.4 is 5.32 Å². The Bertz CT molecular complexity index is 181. The average Bonchev–Trinajstić information content (AvgIpc) is 2.25. The number of Topliss-reactive ketones (excluding diaryl/α,β-unsaturated/α-hetero) is 1. The molecule has 102 valence electrons.